The highest BCUT2D eigenvalue weighted by atomic mass is 32.2. The summed E-state index contributed by atoms with van der Waals surface area (Å²) in [5.41, 5.74) is 1.75. The predicted molar refractivity (Wildman–Crippen MR) is 118 cm³/mol. The van der Waals surface area contributed by atoms with Crippen molar-refractivity contribution in [3.63, 3.8) is 0 Å². The number of methoxy groups -OCH3 is 1. The standard InChI is InChI=1S/C22H26FN5O3S/c1-31-20-5-2-4-18(16-20)22-17-27(25-24-22)11-3-10-26-12-14-28(15-13-26)32(29,30)21-8-6-19(23)7-9-21/h2,4-9,16-17H,3,10-15H2,1H3. The normalized spacial score (nSPS) is 15.7. The van der Waals surface area contributed by atoms with Crippen molar-refractivity contribution < 1.29 is 17.5 Å². The third-order valence-corrected chi connectivity index (χ3v) is 7.46. The Morgan fingerprint density at radius 2 is 1.78 bits per heavy atom. The van der Waals surface area contributed by atoms with Crippen LogP contribution >= 0.6 is 0 Å². The van der Waals surface area contributed by atoms with E-state index < -0.39 is 15.8 Å². The van der Waals surface area contributed by atoms with Crippen LogP contribution in [0.4, 0.5) is 4.39 Å². The molecule has 8 nitrogen and oxygen atoms in total. The van der Waals surface area contributed by atoms with Crippen molar-refractivity contribution >= 4 is 10.0 Å². The molecule has 0 atom stereocenters. The lowest BCUT2D eigenvalue weighted by Gasteiger charge is -2.33. The van der Waals surface area contributed by atoms with Crippen LogP contribution in [0.3, 0.4) is 0 Å². The lowest BCUT2D eigenvalue weighted by molar-refractivity contribution is 0.183. The largest absolute Gasteiger partial charge is 0.497 e. The van der Waals surface area contributed by atoms with Gasteiger partial charge in [-0.25, -0.2) is 12.8 Å². The van der Waals surface area contributed by atoms with Gasteiger partial charge in [0.15, 0.2) is 0 Å². The molecule has 1 aromatic heterocycles. The Kier molecular flexibility index (Phi) is 6.83. The van der Waals surface area contributed by atoms with Gasteiger partial charge in [0.05, 0.1) is 18.2 Å². The maximum atomic E-state index is 13.1. The zero-order chi connectivity index (χ0) is 22.6. The van der Waals surface area contributed by atoms with Gasteiger partial charge in [0.25, 0.3) is 0 Å². The number of hydrogen-bond donors (Lipinski definition) is 0. The number of aryl methyl sites for hydroxylation is 1. The molecule has 0 radical (unpaired) electrons. The monoisotopic (exact) mass is 459 g/mol. The van der Waals surface area contributed by atoms with Crippen LogP contribution in [0.15, 0.2) is 59.6 Å². The van der Waals surface area contributed by atoms with Crippen molar-refractivity contribution in [1.82, 2.24) is 24.2 Å². The Hall–Kier alpha value is -2.82. The first kappa shape index (κ1) is 22.4. The third-order valence-electron chi connectivity index (χ3n) is 5.55. The first-order valence-corrected chi connectivity index (χ1v) is 11.9. The quantitative estimate of drug-likeness (QED) is 0.515. The summed E-state index contributed by atoms with van der Waals surface area (Å²) >= 11 is 0. The summed E-state index contributed by atoms with van der Waals surface area (Å²) in [5.74, 6) is 0.328. The summed E-state index contributed by atoms with van der Waals surface area (Å²) < 4.78 is 47.1. The van der Waals surface area contributed by atoms with Crippen LogP contribution in [0.5, 0.6) is 5.75 Å². The minimum atomic E-state index is -3.59. The summed E-state index contributed by atoms with van der Waals surface area (Å²) in [5, 5.41) is 8.45. The van der Waals surface area contributed by atoms with Crippen LogP contribution in [0.25, 0.3) is 11.3 Å². The maximum absolute atomic E-state index is 13.1. The Bertz CT molecular complexity index is 1140. The predicted octanol–water partition coefficient (Wildman–Crippen LogP) is 2.49. The van der Waals surface area contributed by atoms with Crippen molar-refractivity contribution in [2.75, 3.05) is 39.8 Å². The molecule has 2 aromatic carbocycles. The van der Waals surface area contributed by atoms with Gasteiger partial charge >= 0.3 is 0 Å². The number of sulfonamides is 1. The highest BCUT2D eigenvalue weighted by Gasteiger charge is 2.28. The summed E-state index contributed by atoms with van der Waals surface area (Å²) in [6.45, 7) is 3.73. The number of nitrogens with zero attached hydrogens (tertiary/aromatic N) is 5. The van der Waals surface area contributed by atoms with E-state index in [1.54, 1.807) is 7.11 Å². The molecule has 1 fully saturated rings. The van der Waals surface area contributed by atoms with Gasteiger partial charge in [-0.15, -0.1) is 5.10 Å². The summed E-state index contributed by atoms with van der Waals surface area (Å²) in [4.78, 5) is 2.38. The lowest BCUT2D eigenvalue weighted by atomic mass is 10.1. The number of rotatable bonds is 8. The molecule has 10 heteroatoms. The molecule has 0 spiro atoms. The van der Waals surface area contributed by atoms with Crippen molar-refractivity contribution in [1.29, 1.82) is 0 Å². The van der Waals surface area contributed by atoms with E-state index in [0.29, 0.717) is 26.2 Å². The summed E-state index contributed by atoms with van der Waals surface area (Å²) in [6, 6.07) is 12.7. The van der Waals surface area contributed by atoms with Gasteiger partial charge in [-0.1, -0.05) is 17.3 Å². The Morgan fingerprint density at radius 1 is 1.03 bits per heavy atom. The average molecular weight is 460 g/mol. The molecule has 0 N–H and O–H groups in total. The first-order chi connectivity index (χ1) is 15.5. The number of piperazine rings is 1. The molecule has 0 unspecified atom stereocenters. The van der Waals surface area contributed by atoms with Crippen molar-refractivity contribution in [2.24, 2.45) is 0 Å². The van der Waals surface area contributed by atoms with Crippen LogP contribution in [0, 0.1) is 5.82 Å². The second-order valence-corrected chi connectivity index (χ2v) is 9.59. The Morgan fingerprint density at radius 3 is 2.50 bits per heavy atom. The number of halogens is 1. The van der Waals surface area contributed by atoms with Crippen LogP contribution in [-0.4, -0.2) is 72.5 Å². The molecule has 0 amide bonds. The van der Waals surface area contributed by atoms with Gasteiger partial charge in [-0.2, -0.15) is 4.31 Å². The maximum Gasteiger partial charge on any atom is 0.243 e. The Balaban J connectivity index is 1.25. The second kappa shape index (κ2) is 9.76. The van der Waals surface area contributed by atoms with E-state index in [9.17, 15) is 12.8 Å². The van der Waals surface area contributed by atoms with Gasteiger partial charge in [-0.05, 0) is 42.8 Å². The molecule has 32 heavy (non-hydrogen) atoms. The number of benzene rings is 2. The fraction of sp³-hybridized carbons (Fsp3) is 0.364. The number of ether oxygens (including phenoxy) is 1. The topological polar surface area (TPSA) is 80.6 Å². The van der Waals surface area contributed by atoms with E-state index in [2.05, 4.69) is 15.2 Å². The SMILES string of the molecule is COc1cccc(-c2cn(CCCN3CCN(S(=O)(=O)c4ccc(F)cc4)CC3)nn2)c1. The fourth-order valence-corrected chi connectivity index (χ4v) is 5.15. The molecule has 1 saturated heterocycles. The zero-order valence-corrected chi connectivity index (χ0v) is 18.7. The van der Waals surface area contributed by atoms with Crippen molar-refractivity contribution in [3.8, 4) is 17.0 Å². The number of aromatic nitrogens is 3. The lowest BCUT2D eigenvalue weighted by Crippen LogP contribution is -2.48. The molecular formula is C22H26FN5O3S. The molecule has 170 valence electrons. The third kappa shape index (κ3) is 5.14. The second-order valence-electron chi connectivity index (χ2n) is 7.65. The molecule has 1 aliphatic rings. The minimum Gasteiger partial charge on any atom is -0.497 e. The van der Waals surface area contributed by atoms with E-state index in [1.165, 1.54) is 28.6 Å². The van der Waals surface area contributed by atoms with E-state index >= 15 is 0 Å². The molecule has 0 bridgehead atoms. The molecule has 1 aliphatic heterocycles. The number of hydrogen-bond acceptors (Lipinski definition) is 6. The minimum absolute atomic E-state index is 0.130. The molecule has 0 saturated carbocycles. The molecule has 3 aromatic rings. The highest BCUT2D eigenvalue weighted by Crippen LogP contribution is 2.22. The van der Waals surface area contributed by atoms with E-state index in [0.717, 1.165) is 36.5 Å². The van der Waals surface area contributed by atoms with Crippen LogP contribution in [0.2, 0.25) is 0 Å². The smallest absolute Gasteiger partial charge is 0.243 e. The molecule has 4 rings (SSSR count). The van der Waals surface area contributed by atoms with Crippen LogP contribution in [0.1, 0.15) is 6.42 Å². The average Bonchev–Trinajstić information content (AvgIpc) is 3.29. The highest BCUT2D eigenvalue weighted by molar-refractivity contribution is 7.89. The van der Waals surface area contributed by atoms with Crippen LogP contribution < -0.4 is 4.74 Å². The van der Waals surface area contributed by atoms with Crippen molar-refractivity contribution in [2.45, 2.75) is 17.9 Å². The molecule has 2 heterocycles. The van der Waals surface area contributed by atoms with E-state index in [-0.39, 0.29) is 4.90 Å². The summed E-state index contributed by atoms with van der Waals surface area (Å²) in [7, 11) is -1.95. The van der Waals surface area contributed by atoms with E-state index in [4.69, 9.17) is 4.74 Å². The van der Waals surface area contributed by atoms with Crippen LogP contribution in [-0.2, 0) is 16.6 Å². The van der Waals surface area contributed by atoms with Gasteiger partial charge < -0.3 is 9.64 Å². The summed E-state index contributed by atoms with van der Waals surface area (Å²) in [6.07, 6.45) is 2.80. The van der Waals surface area contributed by atoms with Gasteiger partial charge in [-0.3, -0.25) is 4.68 Å². The van der Waals surface area contributed by atoms with Crippen molar-refractivity contribution in [3.05, 3.63) is 60.5 Å². The Labute approximate surface area is 187 Å². The van der Waals surface area contributed by atoms with E-state index in [1.807, 2.05) is 35.1 Å². The first-order valence-electron chi connectivity index (χ1n) is 10.5. The van der Waals surface area contributed by atoms with Gasteiger partial charge in [0.2, 0.25) is 10.0 Å². The molecule has 0 aliphatic carbocycles. The fourth-order valence-electron chi connectivity index (χ4n) is 3.73. The van der Waals surface area contributed by atoms with Gasteiger partial charge in [0, 0.05) is 44.8 Å². The zero-order valence-electron chi connectivity index (χ0n) is 17.9. The van der Waals surface area contributed by atoms with Gasteiger partial charge in [0.1, 0.15) is 17.3 Å². The molecular weight excluding hydrogens is 433 g/mol.